The van der Waals surface area contributed by atoms with Gasteiger partial charge in [0, 0.05) is 29.4 Å². The fraction of sp³-hybridized carbons (Fsp3) is 0.0625. The summed E-state index contributed by atoms with van der Waals surface area (Å²) in [5.41, 5.74) is 0.0738. The Hall–Kier alpha value is -3.03. The molecule has 10 nitrogen and oxygen atoms in total. The zero-order valence-electron chi connectivity index (χ0n) is 14.8. The number of nitrogens with zero attached hydrogens (tertiary/aromatic N) is 2. The van der Waals surface area contributed by atoms with E-state index in [9.17, 15) is 26.9 Å². The molecule has 0 aliphatic rings. The predicted molar refractivity (Wildman–Crippen MR) is 108 cm³/mol. The molecule has 1 heterocycles. The van der Waals surface area contributed by atoms with Crippen molar-refractivity contribution >= 4 is 47.9 Å². The molecule has 0 saturated carbocycles. The first-order valence-electron chi connectivity index (χ1n) is 7.89. The first-order chi connectivity index (χ1) is 13.6. The number of benzene rings is 2. The molecule has 29 heavy (non-hydrogen) atoms. The number of thiazole rings is 1. The van der Waals surface area contributed by atoms with Gasteiger partial charge in [0.2, 0.25) is 0 Å². The van der Waals surface area contributed by atoms with E-state index in [0.717, 1.165) is 17.4 Å². The summed E-state index contributed by atoms with van der Waals surface area (Å²) in [6.45, 7) is 1.51. The Morgan fingerprint density at radius 3 is 2.28 bits per heavy atom. The Morgan fingerprint density at radius 2 is 1.69 bits per heavy atom. The fourth-order valence-electron chi connectivity index (χ4n) is 2.35. The van der Waals surface area contributed by atoms with E-state index in [4.69, 9.17) is 0 Å². The number of hydrogen-bond acceptors (Lipinski definition) is 8. The number of sulfonamides is 2. The van der Waals surface area contributed by atoms with Gasteiger partial charge in [0.25, 0.3) is 25.7 Å². The molecule has 0 aliphatic heterocycles. The molecule has 3 rings (SSSR count). The van der Waals surface area contributed by atoms with Crippen LogP contribution in [-0.4, -0.2) is 26.7 Å². The van der Waals surface area contributed by atoms with E-state index in [0.29, 0.717) is 5.56 Å². The van der Waals surface area contributed by atoms with Gasteiger partial charge in [-0.15, -0.1) is 11.3 Å². The lowest BCUT2D eigenvalue weighted by molar-refractivity contribution is -0.385. The van der Waals surface area contributed by atoms with Crippen LogP contribution in [0.15, 0.2) is 63.8 Å². The molecule has 0 fully saturated rings. The molecule has 0 atom stereocenters. The summed E-state index contributed by atoms with van der Waals surface area (Å²) in [6.07, 6.45) is 1.45. The Labute approximate surface area is 170 Å². The highest BCUT2D eigenvalue weighted by Crippen LogP contribution is 2.25. The van der Waals surface area contributed by atoms with Crippen LogP contribution in [0.3, 0.4) is 0 Å². The van der Waals surface area contributed by atoms with Gasteiger partial charge in [-0.3, -0.25) is 19.6 Å². The van der Waals surface area contributed by atoms with E-state index in [1.165, 1.54) is 49.5 Å². The monoisotopic (exact) mass is 454 g/mol. The summed E-state index contributed by atoms with van der Waals surface area (Å²) in [5.74, 6) is 0. The Kier molecular flexibility index (Phi) is 5.55. The standard InChI is InChI=1S/C16H14N4O6S3/c1-11-2-5-13(20(21)22)10-15(11)29(25,26)18-12-3-6-14(7-4-12)28(23,24)19-16-17-8-9-27-16/h2-10,18H,1H3,(H,17,19). The van der Waals surface area contributed by atoms with E-state index in [1.807, 2.05) is 0 Å². The summed E-state index contributed by atoms with van der Waals surface area (Å²) < 4.78 is 54.5. The van der Waals surface area contributed by atoms with E-state index in [1.54, 1.807) is 5.38 Å². The zero-order chi connectivity index (χ0) is 21.2. The first kappa shape index (κ1) is 20.7. The molecule has 13 heteroatoms. The van der Waals surface area contributed by atoms with Gasteiger partial charge < -0.3 is 0 Å². The van der Waals surface area contributed by atoms with Crippen LogP contribution in [0.4, 0.5) is 16.5 Å². The van der Waals surface area contributed by atoms with Crippen molar-refractivity contribution in [2.75, 3.05) is 9.44 Å². The number of aryl methyl sites for hydroxylation is 1. The van der Waals surface area contributed by atoms with Crippen LogP contribution in [0.1, 0.15) is 5.56 Å². The normalized spacial score (nSPS) is 11.8. The average molecular weight is 455 g/mol. The summed E-state index contributed by atoms with van der Waals surface area (Å²) >= 11 is 1.12. The van der Waals surface area contributed by atoms with Crippen LogP contribution >= 0.6 is 11.3 Å². The molecule has 3 aromatic rings. The third kappa shape index (κ3) is 4.70. The van der Waals surface area contributed by atoms with Gasteiger partial charge in [-0.2, -0.15) is 0 Å². The van der Waals surface area contributed by atoms with E-state index in [2.05, 4.69) is 14.4 Å². The van der Waals surface area contributed by atoms with Crippen molar-refractivity contribution in [3.05, 3.63) is 69.7 Å². The van der Waals surface area contributed by atoms with Crippen LogP contribution in [0.2, 0.25) is 0 Å². The summed E-state index contributed by atoms with van der Waals surface area (Å²) in [7, 11) is -7.99. The number of non-ortho nitro benzene ring substituents is 1. The van der Waals surface area contributed by atoms with Gasteiger partial charge in [0.05, 0.1) is 14.7 Å². The van der Waals surface area contributed by atoms with Crippen LogP contribution in [0, 0.1) is 17.0 Å². The predicted octanol–water partition coefficient (Wildman–Crippen LogP) is 2.96. The van der Waals surface area contributed by atoms with E-state index < -0.39 is 25.0 Å². The highest BCUT2D eigenvalue weighted by Gasteiger charge is 2.21. The number of nitrogens with one attached hydrogen (secondary N) is 2. The molecule has 0 saturated heterocycles. The minimum atomic E-state index is -4.12. The van der Waals surface area contributed by atoms with Gasteiger partial charge >= 0.3 is 0 Å². The fourth-order valence-corrected chi connectivity index (χ4v) is 5.46. The lowest BCUT2D eigenvalue weighted by Gasteiger charge is -2.11. The zero-order valence-corrected chi connectivity index (χ0v) is 17.2. The van der Waals surface area contributed by atoms with E-state index in [-0.39, 0.29) is 26.3 Å². The van der Waals surface area contributed by atoms with Gasteiger partial charge in [0.15, 0.2) is 5.13 Å². The highest BCUT2D eigenvalue weighted by molar-refractivity contribution is 7.93. The van der Waals surface area contributed by atoms with Crippen molar-refractivity contribution in [2.45, 2.75) is 16.7 Å². The largest absolute Gasteiger partial charge is 0.280 e. The van der Waals surface area contributed by atoms with Gasteiger partial charge in [-0.05, 0) is 36.8 Å². The van der Waals surface area contributed by atoms with Gasteiger partial charge in [-0.25, -0.2) is 21.8 Å². The molecular weight excluding hydrogens is 440 g/mol. The third-order valence-electron chi connectivity index (χ3n) is 3.74. The molecule has 0 aliphatic carbocycles. The lowest BCUT2D eigenvalue weighted by atomic mass is 10.2. The topological polar surface area (TPSA) is 148 Å². The number of aromatic nitrogens is 1. The molecule has 0 bridgehead atoms. The van der Waals surface area contributed by atoms with Crippen molar-refractivity contribution in [3.8, 4) is 0 Å². The summed E-state index contributed by atoms with van der Waals surface area (Å²) in [4.78, 5) is 13.8. The minimum absolute atomic E-state index is 0.0813. The van der Waals surface area contributed by atoms with Crippen molar-refractivity contribution in [1.29, 1.82) is 0 Å². The van der Waals surface area contributed by atoms with Crippen LogP contribution < -0.4 is 9.44 Å². The summed E-state index contributed by atoms with van der Waals surface area (Å²) in [6, 6.07) is 8.54. The molecule has 2 N–H and O–H groups in total. The quantitative estimate of drug-likeness (QED) is 0.412. The second-order valence-electron chi connectivity index (χ2n) is 5.78. The maximum absolute atomic E-state index is 12.6. The lowest BCUT2D eigenvalue weighted by Crippen LogP contribution is -2.15. The van der Waals surface area contributed by atoms with Crippen molar-refractivity contribution in [3.63, 3.8) is 0 Å². The van der Waals surface area contributed by atoms with Crippen molar-refractivity contribution in [2.24, 2.45) is 0 Å². The van der Waals surface area contributed by atoms with Crippen LogP contribution in [0.5, 0.6) is 0 Å². The molecule has 1 aromatic heterocycles. The number of nitro benzene ring substituents is 1. The number of nitro groups is 1. The van der Waals surface area contributed by atoms with Crippen LogP contribution in [-0.2, 0) is 20.0 Å². The molecule has 152 valence electrons. The molecule has 0 radical (unpaired) electrons. The Balaban J connectivity index is 1.84. The number of anilines is 2. The second-order valence-corrected chi connectivity index (χ2v) is 10.0. The van der Waals surface area contributed by atoms with E-state index >= 15 is 0 Å². The highest BCUT2D eigenvalue weighted by atomic mass is 32.2. The average Bonchev–Trinajstić information content (AvgIpc) is 3.14. The number of hydrogen-bond donors (Lipinski definition) is 2. The summed E-state index contributed by atoms with van der Waals surface area (Å²) in [5, 5.41) is 12.7. The molecule has 0 amide bonds. The Morgan fingerprint density at radius 1 is 1.00 bits per heavy atom. The van der Waals surface area contributed by atoms with Gasteiger partial charge in [-0.1, -0.05) is 6.07 Å². The third-order valence-corrected chi connectivity index (χ3v) is 7.44. The first-order valence-corrected chi connectivity index (χ1v) is 11.7. The van der Waals surface area contributed by atoms with Crippen molar-refractivity contribution in [1.82, 2.24) is 4.98 Å². The SMILES string of the molecule is Cc1ccc([N+](=O)[O-])cc1S(=O)(=O)Nc1ccc(S(=O)(=O)Nc2nccs2)cc1. The molecule has 0 unspecified atom stereocenters. The maximum atomic E-state index is 12.6. The molecule has 2 aromatic carbocycles. The van der Waals surface area contributed by atoms with Gasteiger partial charge in [0.1, 0.15) is 0 Å². The van der Waals surface area contributed by atoms with Crippen molar-refractivity contribution < 1.29 is 21.8 Å². The molecular formula is C16H14N4O6S3. The number of rotatable bonds is 7. The smallest absolute Gasteiger partial charge is 0.270 e. The second kappa shape index (κ2) is 7.77. The maximum Gasteiger partial charge on any atom is 0.270 e. The Bertz CT molecular complexity index is 1250. The molecule has 0 spiro atoms. The van der Waals surface area contributed by atoms with Crippen LogP contribution in [0.25, 0.3) is 0 Å². The minimum Gasteiger partial charge on any atom is -0.280 e.